The molecule has 164 valence electrons. The van der Waals surface area contributed by atoms with Gasteiger partial charge < -0.3 is 0 Å². The van der Waals surface area contributed by atoms with Crippen LogP contribution < -0.4 is 5.69 Å². The molecule has 8 heteroatoms. The van der Waals surface area contributed by atoms with Crippen LogP contribution in [0.4, 0.5) is 0 Å². The summed E-state index contributed by atoms with van der Waals surface area (Å²) in [5.74, 6) is 0.523. The first-order chi connectivity index (χ1) is 16.2. The standard InChI is InChI=1S/C25H23N7O/c1-2-6-21-17-32(20-7-4-3-5-8-20)25(33)31(21)16-18-9-11-19(12-10-18)23-15-26-14-13-22(23)24-27-29-30-28-24/h3-5,7-15,17H,2,6,16H2,1H3,(H,27,28,29,30). The lowest BCUT2D eigenvalue weighted by molar-refractivity contribution is 0.691. The fraction of sp³-hybridized carbons (Fsp3) is 0.160. The molecular weight excluding hydrogens is 414 g/mol. The summed E-state index contributed by atoms with van der Waals surface area (Å²) in [6, 6.07) is 19.8. The summed E-state index contributed by atoms with van der Waals surface area (Å²) in [5.41, 5.74) is 5.70. The third-order valence-electron chi connectivity index (χ3n) is 5.62. The van der Waals surface area contributed by atoms with Crippen LogP contribution in [-0.2, 0) is 13.0 Å². The van der Waals surface area contributed by atoms with Crippen molar-refractivity contribution in [2.24, 2.45) is 0 Å². The van der Waals surface area contributed by atoms with E-state index in [2.05, 4.69) is 32.5 Å². The number of aromatic nitrogens is 7. The Morgan fingerprint density at radius 1 is 0.970 bits per heavy atom. The lowest BCUT2D eigenvalue weighted by Gasteiger charge is -2.09. The molecule has 1 N–H and O–H groups in total. The number of hydrogen-bond donors (Lipinski definition) is 1. The number of aromatic amines is 1. The average molecular weight is 438 g/mol. The smallest absolute Gasteiger partial charge is 0.292 e. The molecule has 0 atom stereocenters. The zero-order valence-electron chi connectivity index (χ0n) is 18.2. The number of para-hydroxylation sites is 1. The molecule has 5 aromatic rings. The molecule has 0 saturated carbocycles. The molecule has 0 fully saturated rings. The van der Waals surface area contributed by atoms with E-state index >= 15 is 0 Å². The van der Waals surface area contributed by atoms with Crippen LogP contribution in [0.3, 0.4) is 0 Å². The van der Waals surface area contributed by atoms with Gasteiger partial charge in [0.05, 0.1) is 12.2 Å². The van der Waals surface area contributed by atoms with E-state index in [0.29, 0.717) is 12.4 Å². The van der Waals surface area contributed by atoms with Crippen molar-refractivity contribution in [3.05, 3.63) is 101 Å². The lowest BCUT2D eigenvalue weighted by Crippen LogP contribution is -2.24. The summed E-state index contributed by atoms with van der Waals surface area (Å²) in [5, 5.41) is 14.3. The summed E-state index contributed by atoms with van der Waals surface area (Å²) < 4.78 is 3.59. The molecule has 3 aromatic heterocycles. The van der Waals surface area contributed by atoms with E-state index in [0.717, 1.165) is 46.5 Å². The Morgan fingerprint density at radius 3 is 2.52 bits per heavy atom. The Labute approximate surface area is 190 Å². The highest BCUT2D eigenvalue weighted by Gasteiger charge is 2.14. The van der Waals surface area contributed by atoms with Crippen LogP contribution in [0.1, 0.15) is 24.6 Å². The molecule has 0 aliphatic rings. The van der Waals surface area contributed by atoms with E-state index in [1.807, 2.05) is 71.4 Å². The number of aryl methyl sites for hydroxylation is 1. The van der Waals surface area contributed by atoms with Crippen LogP contribution in [0.5, 0.6) is 0 Å². The quantitative estimate of drug-likeness (QED) is 0.417. The molecule has 0 aliphatic heterocycles. The van der Waals surface area contributed by atoms with Crippen LogP contribution in [-0.4, -0.2) is 34.7 Å². The Hall–Kier alpha value is -4.33. The Bertz CT molecular complexity index is 1400. The highest BCUT2D eigenvalue weighted by Crippen LogP contribution is 2.29. The van der Waals surface area contributed by atoms with Gasteiger partial charge in [-0.2, -0.15) is 5.21 Å². The van der Waals surface area contributed by atoms with Gasteiger partial charge in [0, 0.05) is 35.4 Å². The lowest BCUT2D eigenvalue weighted by atomic mass is 10.0. The zero-order chi connectivity index (χ0) is 22.6. The largest absolute Gasteiger partial charge is 0.333 e. The van der Waals surface area contributed by atoms with Gasteiger partial charge in [0.1, 0.15) is 0 Å². The van der Waals surface area contributed by atoms with Gasteiger partial charge in [-0.15, -0.1) is 10.2 Å². The first kappa shape index (κ1) is 20.6. The van der Waals surface area contributed by atoms with Gasteiger partial charge in [0.2, 0.25) is 5.82 Å². The molecule has 0 bridgehead atoms. The Morgan fingerprint density at radius 2 is 1.79 bits per heavy atom. The van der Waals surface area contributed by atoms with Gasteiger partial charge in [-0.3, -0.25) is 14.1 Å². The van der Waals surface area contributed by atoms with Crippen molar-refractivity contribution in [3.63, 3.8) is 0 Å². The van der Waals surface area contributed by atoms with Crippen molar-refractivity contribution < 1.29 is 0 Å². The maximum Gasteiger partial charge on any atom is 0.333 e. The number of rotatable bonds is 7. The molecule has 0 spiro atoms. The second kappa shape index (κ2) is 9.04. The number of nitrogens with one attached hydrogen (secondary N) is 1. The molecule has 3 heterocycles. The third-order valence-corrected chi connectivity index (χ3v) is 5.62. The minimum absolute atomic E-state index is 0.0274. The number of imidazole rings is 1. The van der Waals surface area contributed by atoms with Crippen molar-refractivity contribution in [1.29, 1.82) is 0 Å². The molecule has 0 saturated heterocycles. The third kappa shape index (κ3) is 4.10. The first-order valence-corrected chi connectivity index (χ1v) is 10.9. The van der Waals surface area contributed by atoms with Gasteiger partial charge in [0.15, 0.2) is 0 Å². The second-order valence-electron chi connectivity index (χ2n) is 7.80. The van der Waals surface area contributed by atoms with E-state index in [4.69, 9.17) is 0 Å². The molecular formula is C25H23N7O. The van der Waals surface area contributed by atoms with Crippen LogP contribution in [0.25, 0.3) is 28.2 Å². The molecule has 0 amide bonds. The van der Waals surface area contributed by atoms with E-state index in [1.54, 1.807) is 17.0 Å². The fourth-order valence-corrected chi connectivity index (χ4v) is 3.99. The van der Waals surface area contributed by atoms with Gasteiger partial charge >= 0.3 is 5.69 Å². The summed E-state index contributed by atoms with van der Waals surface area (Å²) in [4.78, 5) is 17.5. The van der Waals surface area contributed by atoms with Crippen molar-refractivity contribution in [2.75, 3.05) is 0 Å². The van der Waals surface area contributed by atoms with Gasteiger partial charge in [-0.25, -0.2) is 4.79 Å². The fourth-order valence-electron chi connectivity index (χ4n) is 3.99. The second-order valence-corrected chi connectivity index (χ2v) is 7.80. The molecule has 0 aliphatic carbocycles. The highest BCUT2D eigenvalue weighted by molar-refractivity contribution is 5.79. The van der Waals surface area contributed by atoms with Gasteiger partial charge in [-0.05, 0) is 41.0 Å². The van der Waals surface area contributed by atoms with Crippen molar-refractivity contribution in [2.45, 2.75) is 26.3 Å². The number of H-pyrrole nitrogens is 1. The van der Waals surface area contributed by atoms with Gasteiger partial charge in [0.25, 0.3) is 0 Å². The van der Waals surface area contributed by atoms with Crippen LogP contribution >= 0.6 is 0 Å². The van der Waals surface area contributed by atoms with Gasteiger partial charge in [-0.1, -0.05) is 55.8 Å². The van der Waals surface area contributed by atoms with E-state index in [-0.39, 0.29) is 5.69 Å². The zero-order valence-corrected chi connectivity index (χ0v) is 18.2. The summed E-state index contributed by atoms with van der Waals surface area (Å²) >= 11 is 0. The average Bonchev–Trinajstić information content (AvgIpc) is 3.50. The first-order valence-electron chi connectivity index (χ1n) is 10.9. The van der Waals surface area contributed by atoms with Crippen molar-refractivity contribution in [1.82, 2.24) is 34.7 Å². The minimum atomic E-state index is -0.0274. The van der Waals surface area contributed by atoms with E-state index in [9.17, 15) is 4.79 Å². The number of tetrazole rings is 1. The molecule has 2 aromatic carbocycles. The maximum absolute atomic E-state index is 13.2. The normalized spacial score (nSPS) is 11.1. The van der Waals surface area contributed by atoms with Crippen molar-refractivity contribution >= 4 is 0 Å². The predicted molar refractivity (Wildman–Crippen MR) is 126 cm³/mol. The highest BCUT2D eigenvalue weighted by atomic mass is 16.1. The molecule has 0 radical (unpaired) electrons. The van der Waals surface area contributed by atoms with Crippen LogP contribution in [0.15, 0.2) is 84.0 Å². The van der Waals surface area contributed by atoms with Crippen LogP contribution in [0, 0.1) is 0 Å². The summed E-state index contributed by atoms with van der Waals surface area (Å²) in [6.45, 7) is 2.64. The summed E-state index contributed by atoms with van der Waals surface area (Å²) in [6.07, 6.45) is 7.28. The molecule has 0 unspecified atom stereocenters. The Kier molecular flexibility index (Phi) is 5.63. The Balaban J connectivity index is 1.46. The predicted octanol–water partition coefficient (Wildman–Crippen LogP) is 3.88. The van der Waals surface area contributed by atoms with E-state index in [1.165, 1.54) is 0 Å². The minimum Gasteiger partial charge on any atom is -0.292 e. The molecule has 33 heavy (non-hydrogen) atoms. The molecule has 8 nitrogen and oxygen atoms in total. The number of pyridine rings is 1. The van der Waals surface area contributed by atoms with Crippen LogP contribution in [0.2, 0.25) is 0 Å². The van der Waals surface area contributed by atoms with Crippen molar-refractivity contribution in [3.8, 4) is 28.2 Å². The monoisotopic (exact) mass is 437 g/mol. The summed E-state index contributed by atoms with van der Waals surface area (Å²) in [7, 11) is 0. The topological polar surface area (TPSA) is 94.3 Å². The number of benzene rings is 2. The molecule has 5 rings (SSSR count). The number of hydrogen-bond acceptors (Lipinski definition) is 5. The maximum atomic E-state index is 13.2. The van der Waals surface area contributed by atoms with E-state index < -0.39 is 0 Å². The SMILES string of the molecule is CCCc1cn(-c2ccccc2)c(=O)n1Cc1ccc(-c2cnccc2-c2nn[nH]n2)cc1. The number of nitrogens with zero attached hydrogens (tertiary/aromatic N) is 6.